The summed E-state index contributed by atoms with van der Waals surface area (Å²) in [7, 11) is 0. The van der Waals surface area contributed by atoms with Crippen LogP contribution in [-0.2, 0) is 6.54 Å². The summed E-state index contributed by atoms with van der Waals surface area (Å²) in [6, 6.07) is 7.65. The molecule has 1 saturated heterocycles. The lowest BCUT2D eigenvalue weighted by Gasteiger charge is -2.43. The number of rotatable bonds is 5. The summed E-state index contributed by atoms with van der Waals surface area (Å²) in [5.74, 6) is 1.57. The van der Waals surface area contributed by atoms with Crippen molar-refractivity contribution in [3.63, 3.8) is 0 Å². The zero-order valence-corrected chi connectivity index (χ0v) is 14.4. The molecule has 2 nitrogen and oxygen atoms in total. The molecule has 0 aromatic heterocycles. The lowest BCUT2D eigenvalue weighted by Crippen LogP contribution is -2.45. The second kappa shape index (κ2) is 7.31. The highest BCUT2D eigenvalue weighted by Crippen LogP contribution is 2.32. The molecule has 3 atom stereocenters. The van der Waals surface area contributed by atoms with Crippen LogP contribution in [0.25, 0.3) is 0 Å². The number of hydrogen-bond acceptors (Lipinski definition) is 2. The van der Waals surface area contributed by atoms with Crippen LogP contribution in [0.15, 0.2) is 18.2 Å². The fourth-order valence-electron chi connectivity index (χ4n) is 3.51. The van der Waals surface area contributed by atoms with Crippen molar-refractivity contribution in [3.05, 3.63) is 29.3 Å². The van der Waals surface area contributed by atoms with E-state index in [1.165, 1.54) is 36.2 Å². The first-order chi connectivity index (χ1) is 10.0. The molecule has 118 valence electrons. The molecule has 1 aromatic rings. The molecule has 1 N–H and O–H groups in total. The molecule has 0 aliphatic carbocycles. The van der Waals surface area contributed by atoms with Gasteiger partial charge in [-0.05, 0) is 68.3 Å². The van der Waals surface area contributed by atoms with Crippen LogP contribution in [-0.4, -0.2) is 19.1 Å². The van der Waals surface area contributed by atoms with Gasteiger partial charge in [-0.1, -0.05) is 26.8 Å². The normalized spacial score (nSPS) is 26.1. The fourth-order valence-corrected chi connectivity index (χ4v) is 3.51. The van der Waals surface area contributed by atoms with Crippen LogP contribution in [0.5, 0.6) is 0 Å². The van der Waals surface area contributed by atoms with Crippen LogP contribution < -0.4 is 10.2 Å². The van der Waals surface area contributed by atoms with Crippen LogP contribution in [0.1, 0.15) is 51.7 Å². The Morgan fingerprint density at radius 2 is 2.00 bits per heavy atom. The van der Waals surface area contributed by atoms with E-state index in [0.29, 0.717) is 6.04 Å². The van der Waals surface area contributed by atoms with Crippen molar-refractivity contribution in [2.24, 2.45) is 11.8 Å². The maximum absolute atomic E-state index is 3.50. The first-order valence-electron chi connectivity index (χ1n) is 8.59. The Bertz CT molecular complexity index is 455. The maximum Gasteiger partial charge on any atom is 0.0371 e. The van der Waals surface area contributed by atoms with Crippen molar-refractivity contribution in [1.29, 1.82) is 0 Å². The molecule has 0 spiro atoms. The molecule has 0 saturated carbocycles. The Balaban J connectivity index is 2.11. The van der Waals surface area contributed by atoms with Crippen LogP contribution in [0.4, 0.5) is 5.69 Å². The van der Waals surface area contributed by atoms with Gasteiger partial charge in [0, 0.05) is 24.8 Å². The molecule has 1 aliphatic rings. The third-order valence-corrected chi connectivity index (χ3v) is 5.00. The highest BCUT2D eigenvalue weighted by Gasteiger charge is 2.28. The van der Waals surface area contributed by atoms with Crippen molar-refractivity contribution in [2.45, 2.75) is 60.0 Å². The van der Waals surface area contributed by atoms with Crippen molar-refractivity contribution < 1.29 is 0 Å². The minimum Gasteiger partial charge on any atom is -0.368 e. The second-order valence-electron chi connectivity index (χ2n) is 7.00. The number of aryl methyl sites for hydroxylation is 1. The van der Waals surface area contributed by atoms with E-state index in [-0.39, 0.29) is 0 Å². The summed E-state index contributed by atoms with van der Waals surface area (Å²) in [6.45, 7) is 14.9. The number of nitrogens with one attached hydrogen (secondary N) is 1. The van der Waals surface area contributed by atoms with Crippen molar-refractivity contribution >= 4 is 5.69 Å². The molecular weight excluding hydrogens is 256 g/mol. The Kier molecular flexibility index (Phi) is 5.69. The van der Waals surface area contributed by atoms with E-state index in [4.69, 9.17) is 0 Å². The minimum atomic E-state index is 0.643. The van der Waals surface area contributed by atoms with Gasteiger partial charge >= 0.3 is 0 Å². The van der Waals surface area contributed by atoms with E-state index >= 15 is 0 Å². The van der Waals surface area contributed by atoms with E-state index in [9.17, 15) is 0 Å². The fraction of sp³-hybridized carbons (Fsp3) is 0.684. The number of nitrogens with zero attached hydrogens (tertiary/aromatic N) is 1. The third kappa shape index (κ3) is 4.00. The van der Waals surface area contributed by atoms with Gasteiger partial charge in [0.1, 0.15) is 0 Å². The Morgan fingerprint density at radius 1 is 1.24 bits per heavy atom. The second-order valence-corrected chi connectivity index (χ2v) is 7.00. The summed E-state index contributed by atoms with van der Waals surface area (Å²) in [4.78, 5) is 2.61. The van der Waals surface area contributed by atoms with Gasteiger partial charge in [-0.15, -0.1) is 0 Å². The molecule has 3 unspecified atom stereocenters. The lowest BCUT2D eigenvalue weighted by molar-refractivity contribution is 0.297. The molecule has 1 fully saturated rings. The minimum absolute atomic E-state index is 0.643. The molecule has 2 heteroatoms. The Hall–Kier alpha value is -1.02. The van der Waals surface area contributed by atoms with E-state index in [0.717, 1.165) is 24.9 Å². The molecule has 1 heterocycles. The van der Waals surface area contributed by atoms with Gasteiger partial charge in [-0.2, -0.15) is 0 Å². The van der Waals surface area contributed by atoms with Crippen LogP contribution in [0.2, 0.25) is 0 Å². The summed E-state index contributed by atoms with van der Waals surface area (Å²) in [5.41, 5.74) is 4.24. The predicted octanol–water partition coefficient (Wildman–Crippen LogP) is 4.37. The zero-order chi connectivity index (χ0) is 15.4. The standard InChI is InChI=1S/C19H32N2/c1-6-9-20-12-18-7-8-19(11-16(18)4)21-13-14(2)10-15(3)17(21)5/h7-8,11,14-15,17,20H,6,9-10,12-13H2,1-5H3. The molecule has 0 amide bonds. The molecule has 1 aliphatic heterocycles. The van der Waals surface area contributed by atoms with E-state index in [1.54, 1.807) is 0 Å². The quantitative estimate of drug-likeness (QED) is 0.810. The molecule has 21 heavy (non-hydrogen) atoms. The van der Waals surface area contributed by atoms with Gasteiger partial charge < -0.3 is 10.2 Å². The zero-order valence-electron chi connectivity index (χ0n) is 14.4. The average Bonchev–Trinajstić information content (AvgIpc) is 2.44. The van der Waals surface area contributed by atoms with Gasteiger partial charge in [-0.3, -0.25) is 0 Å². The largest absolute Gasteiger partial charge is 0.368 e. The maximum atomic E-state index is 3.50. The summed E-state index contributed by atoms with van der Waals surface area (Å²) in [5, 5.41) is 3.50. The highest BCUT2D eigenvalue weighted by molar-refractivity contribution is 5.52. The average molecular weight is 288 g/mol. The first kappa shape index (κ1) is 16.4. The topological polar surface area (TPSA) is 15.3 Å². The van der Waals surface area contributed by atoms with Gasteiger partial charge in [-0.25, -0.2) is 0 Å². The number of hydrogen-bond donors (Lipinski definition) is 1. The van der Waals surface area contributed by atoms with E-state index < -0.39 is 0 Å². The van der Waals surface area contributed by atoms with Gasteiger partial charge in [0.2, 0.25) is 0 Å². The Labute approximate surface area is 130 Å². The summed E-state index contributed by atoms with van der Waals surface area (Å²) in [6.07, 6.45) is 2.55. The van der Waals surface area contributed by atoms with E-state index in [1.807, 2.05) is 0 Å². The number of benzene rings is 1. The van der Waals surface area contributed by atoms with Gasteiger partial charge in [0.05, 0.1) is 0 Å². The van der Waals surface area contributed by atoms with Crippen LogP contribution >= 0.6 is 0 Å². The van der Waals surface area contributed by atoms with Crippen LogP contribution in [0.3, 0.4) is 0 Å². The number of anilines is 1. The van der Waals surface area contributed by atoms with Crippen LogP contribution in [0, 0.1) is 18.8 Å². The monoisotopic (exact) mass is 288 g/mol. The molecular formula is C19H32N2. The first-order valence-corrected chi connectivity index (χ1v) is 8.59. The van der Waals surface area contributed by atoms with Crippen molar-refractivity contribution in [2.75, 3.05) is 18.0 Å². The molecule has 1 aromatic carbocycles. The SMILES string of the molecule is CCCNCc1ccc(N2CC(C)CC(C)C2C)cc1C. The third-order valence-electron chi connectivity index (χ3n) is 5.00. The number of piperidine rings is 1. The lowest BCUT2D eigenvalue weighted by atomic mass is 9.85. The van der Waals surface area contributed by atoms with Gasteiger partial charge in [0.25, 0.3) is 0 Å². The summed E-state index contributed by atoms with van der Waals surface area (Å²) >= 11 is 0. The molecule has 0 bridgehead atoms. The van der Waals surface area contributed by atoms with Crippen molar-refractivity contribution in [3.8, 4) is 0 Å². The molecule has 2 rings (SSSR count). The van der Waals surface area contributed by atoms with E-state index in [2.05, 4.69) is 63.0 Å². The summed E-state index contributed by atoms with van der Waals surface area (Å²) < 4.78 is 0. The van der Waals surface area contributed by atoms with Crippen molar-refractivity contribution in [1.82, 2.24) is 5.32 Å². The smallest absolute Gasteiger partial charge is 0.0371 e. The van der Waals surface area contributed by atoms with Gasteiger partial charge in [0.15, 0.2) is 0 Å². The molecule has 0 radical (unpaired) electrons. The Morgan fingerprint density at radius 3 is 2.67 bits per heavy atom. The predicted molar refractivity (Wildman–Crippen MR) is 92.9 cm³/mol. The highest BCUT2D eigenvalue weighted by atomic mass is 15.2.